The average Bonchev–Trinajstić information content (AvgIpc) is 3.30. The molecule has 6 rings (SSSR count). The number of fused-ring (bicyclic) bond motifs is 2. The van der Waals surface area contributed by atoms with Crippen LogP contribution in [0.25, 0.3) is 32.7 Å². The van der Waals surface area contributed by atoms with Crippen LogP contribution in [0, 0.1) is 45.3 Å². The molecule has 13 heteroatoms. The number of ether oxygens (including phenoxy) is 2. The normalized spacial score (nSPS) is 15.2. The molecule has 0 radical (unpaired) electrons. The molecule has 0 bridgehead atoms. The second-order valence-electron chi connectivity index (χ2n) is 15.5. The number of hydrogen-bond donors (Lipinski definition) is 1. The molecule has 0 atom stereocenters. The summed E-state index contributed by atoms with van der Waals surface area (Å²) in [5.41, 5.74) is 1.74. The van der Waals surface area contributed by atoms with Crippen molar-refractivity contribution in [2.24, 2.45) is 0 Å². The molecule has 2 aliphatic carbocycles. The van der Waals surface area contributed by atoms with E-state index in [0.717, 1.165) is 44.5 Å². The average molecular weight is 855 g/mol. The quantitative estimate of drug-likeness (QED) is 0.0324. The second-order valence-corrected chi connectivity index (χ2v) is 15.5. The molecule has 1 fully saturated rings. The van der Waals surface area contributed by atoms with Gasteiger partial charge in [0, 0.05) is 29.2 Å². The Hall–Kier alpha value is -7.84. The van der Waals surface area contributed by atoms with Gasteiger partial charge >= 0.3 is 11.9 Å². The maximum absolute atomic E-state index is 13.3. The summed E-state index contributed by atoms with van der Waals surface area (Å²) >= 11 is 0. The van der Waals surface area contributed by atoms with E-state index in [1.807, 2.05) is 41.3 Å². The lowest BCUT2D eigenvalue weighted by atomic mass is 9.70. The number of Topliss-reactive ketones (excluding diaryl/α,β-unsaturated/α-hetero) is 2. The first-order valence-corrected chi connectivity index (χ1v) is 21.2. The molecule has 4 aromatic carbocycles. The Labute approximate surface area is 370 Å². The van der Waals surface area contributed by atoms with Gasteiger partial charge in [-0.05, 0) is 107 Å². The zero-order valence-corrected chi connectivity index (χ0v) is 35.9. The number of aromatic hydroxyl groups is 1. The van der Waals surface area contributed by atoms with Gasteiger partial charge in [0.05, 0.1) is 25.0 Å². The largest absolute Gasteiger partial charge is 0.508 e. The van der Waals surface area contributed by atoms with Crippen molar-refractivity contribution in [1.29, 1.82) is 21.0 Å². The van der Waals surface area contributed by atoms with Crippen molar-refractivity contribution in [2.45, 2.75) is 64.3 Å². The van der Waals surface area contributed by atoms with E-state index in [-0.39, 0.29) is 86.5 Å². The molecule has 0 spiro atoms. The van der Waals surface area contributed by atoms with Crippen molar-refractivity contribution in [2.75, 3.05) is 38.2 Å². The third-order valence-electron chi connectivity index (χ3n) is 11.4. The first kappa shape index (κ1) is 45.7. The summed E-state index contributed by atoms with van der Waals surface area (Å²) in [6.07, 6.45) is 11.8. The van der Waals surface area contributed by atoms with Crippen LogP contribution in [0.1, 0.15) is 63.9 Å². The highest BCUT2D eigenvalue weighted by Crippen LogP contribution is 2.38. The number of allylic oxidation sites excluding steroid dienone is 4. The number of carbonyl (C=O) groups is 4. The number of benzene rings is 4. The van der Waals surface area contributed by atoms with Crippen molar-refractivity contribution in [1.82, 2.24) is 4.90 Å². The molecule has 322 valence electrons. The topological polar surface area (TPSA) is 209 Å². The summed E-state index contributed by atoms with van der Waals surface area (Å²) in [7, 11) is 1.81. The summed E-state index contributed by atoms with van der Waals surface area (Å²) < 4.78 is 10.9. The van der Waals surface area contributed by atoms with Crippen molar-refractivity contribution in [3.8, 4) is 35.8 Å². The summed E-state index contributed by atoms with van der Waals surface area (Å²) in [4.78, 5) is 56.4. The number of phenols is 1. The first-order chi connectivity index (χ1) is 31.0. The van der Waals surface area contributed by atoms with Crippen LogP contribution < -0.4 is 20.1 Å². The minimum atomic E-state index is -0.841. The number of unbranched alkanes of at least 4 members (excludes halogenated alkanes) is 2. The van der Waals surface area contributed by atoms with E-state index < -0.39 is 17.9 Å². The smallest absolute Gasteiger partial charge is 0.311 e. The maximum Gasteiger partial charge on any atom is 0.311 e. The summed E-state index contributed by atoms with van der Waals surface area (Å²) in [5, 5.41) is 50.9. The number of hydrogen-bond acceptors (Lipinski definition) is 13. The van der Waals surface area contributed by atoms with Crippen molar-refractivity contribution in [3.63, 3.8) is 0 Å². The van der Waals surface area contributed by atoms with Gasteiger partial charge in [0.15, 0.2) is 11.6 Å². The predicted molar refractivity (Wildman–Crippen MR) is 240 cm³/mol. The lowest BCUT2D eigenvalue weighted by molar-refractivity contribution is -0.146. The van der Waals surface area contributed by atoms with Gasteiger partial charge in [0.2, 0.25) is 0 Å². The van der Waals surface area contributed by atoms with E-state index in [9.17, 15) is 45.3 Å². The molecule has 1 N–H and O–H groups in total. The number of nitrogens with zero attached hydrogens (tertiary/aromatic N) is 6. The first-order valence-electron chi connectivity index (χ1n) is 21.2. The highest BCUT2D eigenvalue weighted by molar-refractivity contribution is 6.42. The summed E-state index contributed by atoms with van der Waals surface area (Å²) in [6, 6.07) is 23.2. The fourth-order valence-corrected chi connectivity index (χ4v) is 7.98. The van der Waals surface area contributed by atoms with Crippen LogP contribution in [-0.2, 0) is 23.9 Å². The lowest BCUT2D eigenvalue weighted by Gasteiger charge is -2.31. The van der Waals surface area contributed by atoms with E-state index in [1.54, 1.807) is 31.3 Å². The number of carbonyl (C=O) groups excluding carboxylic acids is 4. The molecule has 64 heavy (non-hydrogen) atoms. The van der Waals surface area contributed by atoms with Crippen LogP contribution in [0.5, 0.6) is 11.5 Å². The summed E-state index contributed by atoms with van der Waals surface area (Å²) in [6.45, 7) is 6.69. The van der Waals surface area contributed by atoms with Gasteiger partial charge in [-0.2, -0.15) is 21.0 Å². The zero-order valence-electron chi connectivity index (χ0n) is 35.9. The van der Waals surface area contributed by atoms with Crippen molar-refractivity contribution in [3.05, 3.63) is 112 Å². The maximum atomic E-state index is 13.3. The van der Waals surface area contributed by atoms with Crippen molar-refractivity contribution < 1.29 is 33.8 Å². The minimum absolute atomic E-state index is 0.0159. The predicted octanol–water partition coefficient (Wildman–Crippen LogP) is 6.39. The van der Waals surface area contributed by atoms with Gasteiger partial charge in [-0.15, -0.1) is 0 Å². The molecule has 0 aliphatic heterocycles. The van der Waals surface area contributed by atoms with Crippen LogP contribution in [0.15, 0.2) is 96.1 Å². The fourth-order valence-electron chi connectivity index (χ4n) is 7.98. The van der Waals surface area contributed by atoms with Crippen LogP contribution in [0.4, 0.5) is 5.69 Å². The highest BCUT2D eigenvalue weighted by atomic mass is 16.5. The molecular formula is C51H46N6O7. The zero-order chi connectivity index (χ0) is 45.9. The summed E-state index contributed by atoms with van der Waals surface area (Å²) in [5.74, 6) is -2.75. The van der Waals surface area contributed by atoms with E-state index in [4.69, 9.17) is 9.47 Å². The van der Waals surface area contributed by atoms with E-state index in [2.05, 4.69) is 30.9 Å². The number of likely N-dealkylation sites (N-methyl/N-ethyl adjacent to an activating group) is 1. The molecule has 2 aliphatic rings. The van der Waals surface area contributed by atoms with Gasteiger partial charge in [0.1, 0.15) is 59.4 Å². The van der Waals surface area contributed by atoms with E-state index in [1.165, 1.54) is 36.4 Å². The molecule has 13 nitrogen and oxygen atoms in total. The minimum Gasteiger partial charge on any atom is -0.508 e. The number of rotatable bonds is 16. The molecule has 0 saturated heterocycles. The number of phenolic OH excluding ortho intramolecular Hbond substituents is 1. The van der Waals surface area contributed by atoms with Gasteiger partial charge in [-0.3, -0.25) is 24.1 Å². The number of anilines is 1. The van der Waals surface area contributed by atoms with Crippen LogP contribution >= 0.6 is 0 Å². The molecule has 0 amide bonds. The Balaban J connectivity index is 1.03. The van der Waals surface area contributed by atoms with Crippen LogP contribution in [0.2, 0.25) is 0 Å². The van der Waals surface area contributed by atoms with Crippen molar-refractivity contribution >= 4 is 61.9 Å². The van der Waals surface area contributed by atoms with Gasteiger partial charge in [-0.1, -0.05) is 63.1 Å². The lowest BCUT2D eigenvalue weighted by Crippen LogP contribution is -2.40. The van der Waals surface area contributed by atoms with Gasteiger partial charge in [0.25, 0.3) is 0 Å². The number of nitriles is 4. The monoisotopic (exact) mass is 854 g/mol. The Morgan fingerprint density at radius 2 is 1.25 bits per heavy atom. The Morgan fingerprint density at radius 1 is 0.703 bits per heavy atom. The highest BCUT2D eigenvalue weighted by Gasteiger charge is 2.46. The Morgan fingerprint density at radius 3 is 1.81 bits per heavy atom. The standard InChI is InChI=1S/C51H46N6O7/c1-4-6-22-57(23-7-5-2)37-14-10-33(11-15-37)49-50(61)48(51(49)62)32-8-12-36(13-9-32)56(3)24-25-63-44(59)20-21-45(60)64-39-17-19-41-43(27-39)47(35(30-54)31-55)40-18-16-38(58)26-42(40)46(41)34(28-52)29-53/h8-19,26-27,37,48,58H,4-7,20-25H2,1-3H3. The number of esters is 2. The molecule has 0 unspecified atom stereocenters. The van der Waals surface area contributed by atoms with Gasteiger partial charge in [-0.25, -0.2) is 0 Å². The SMILES string of the molecule is CCCCN(CCCC)C1C=CC(=C2C(=O)C(c3ccc(N(C)CCOC(=O)CCC(=O)Oc4ccc5c(=C(C#N)C#N)c6cc(O)ccc6c(=C(C#N)C#N)c5c4)cc3)C2=O)C=C1. The third-order valence-corrected chi connectivity index (χ3v) is 11.4. The van der Waals surface area contributed by atoms with Gasteiger partial charge < -0.3 is 19.5 Å². The molecule has 0 aromatic heterocycles. The Bertz CT molecular complexity index is 2860. The second kappa shape index (κ2) is 20.8. The molecular weight excluding hydrogens is 809 g/mol. The number of ketones is 2. The fraction of sp³-hybridized carbons (Fsp3) is 0.294. The van der Waals surface area contributed by atoms with E-state index in [0.29, 0.717) is 28.5 Å². The molecule has 1 saturated carbocycles. The van der Waals surface area contributed by atoms with E-state index >= 15 is 0 Å². The van der Waals surface area contributed by atoms with Crippen LogP contribution in [0.3, 0.4) is 0 Å². The molecule has 4 aromatic rings. The molecule has 0 heterocycles. The Kier molecular flexibility index (Phi) is 14.9. The third kappa shape index (κ3) is 9.77. The van der Waals surface area contributed by atoms with Crippen LogP contribution in [-0.4, -0.2) is 72.8 Å².